The topological polar surface area (TPSA) is 55.8 Å². The van der Waals surface area contributed by atoms with Gasteiger partial charge < -0.3 is 9.47 Å². The Morgan fingerprint density at radius 3 is 2.05 bits per heavy atom. The summed E-state index contributed by atoms with van der Waals surface area (Å²) < 4.78 is 10.7. The summed E-state index contributed by atoms with van der Waals surface area (Å²) in [5.74, 6) is -0.415. The van der Waals surface area contributed by atoms with Gasteiger partial charge >= 0.3 is 12.1 Å². The molecule has 1 saturated heterocycles. The van der Waals surface area contributed by atoms with Gasteiger partial charge in [-0.05, 0) is 41.5 Å². The molecule has 0 aliphatic carbocycles. The smallest absolute Gasteiger partial charge is 0.411 e. The van der Waals surface area contributed by atoms with Gasteiger partial charge in [0.1, 0.15) is 17.2 Å². The zero-order valence-electron chi connectivity index (χ0n) is 13.3. The molecule has 1 amide bonds. The van der Waals surface area contributed by atoms with Gasteiger partial charge in [0.25, 0.3) is 0 Å². The van der Waals surface area contributed by atoms with E-state index in [2.05, 4.69) is 6.58 Å². The predicted octanol–water partition coefficient (Wildman–Crippen LogP) is 2.89. The minimum atomic E-state index is -0.642. The zero-order valence-corrected chi connectivity index (χ0v) is 13.3. The van der Waals surface area contributed by atoms with Crippen LogP contribution in [0.4, 0.5) is 4.79 Å². The van der Waals surface area contributed by atoms with Crippen LogP contribution in [0, 0.1) is 0 Å². The van der Waals surface area contributed by atoms with Crippen LogP contribution in [0.3, 0.4) is 0 Å². The van der Waals surface area contributed by atoms with Gasteiger partial charge in [-0.2, -0.15) is 0 Å². The highest BCUT2D eigenvalue weighted by Crippen LogP contribution is 2.26. The average Bonchev–Trinajstić information content (AvgIpc) is 2.55. The summed E-state index contributed by atoms with van der Waals surface area (Å²) >= 11 is 0. The van der Waals surface area contributed by atoms with Crippen LogP contribution in [0.1, 0.15) is 48.0 Å². The molecule has 114 valence electrons. The second kappa shape index (κ2) is 5.46. The maximum Gasteiger partial charge on any atom is 0.411 e. The number of esters is 1. The first-order valence-electron chi connectivity index (χ1n) is 6.78. The fraction of sp³-hybridized carbons (Fsp3) is 0.733. The van der Waals surface area contributed by atoms with Crippen LogP contribution in [-0.4, -0.2) is 40.8 Å². The molecule has 5 heteroatoms. The van der Waals surface area contributed by atoms with E-state index in [9.17, 15) is 9.59 Å². The summed E-state index contributed by atoms with van der Waals surface area (Å²) in [6.07, 6.45) is -0.0826. The molecular formula is C15H25NO4. The molecule has 0 saturated carbocycles. The van der Waals surface area contributed by atoms with Crippen LogP contribution >= 0.6 is 0 Å². The number of hydrogen-bond acceptors (Lipinski definition) is 4. The van der Waals surface area contributed by atoms with Crippen LogP contribution in [0.2, 0.25) is 0 Å². The number of nitrogens with zero attached hydrogens (tertiary/aromatic N) is 1. The van der Waals surface area contributed by atoms with Crippen molar-refractivity contribution in [3.8, 4) is 0 Å². The Labute approximate surface area is 120 Å². The molecule has 0 aromatic heterocycles. The number of carbonyl (C=O) groups excluding carboxylic acids is 2. The van der Waals surface area contributed by atoms with Gasteiger partial charge in [0.15, 0.2) is 0 Å². The van der Waals surface area contributed by atoms with Crippen molar-refractivity contribution in [2.75, 3.05) is 6.54 Å². The summed E-state index contributed by atoms with van der Waals surface area (Å²) in [5, 5.41) is 0. The van der Waals surface area contributed by atoms with E-state index in [0.717, 1.165) is 5.57 Å². The van der Waals surface area contributed by atoms with Gasteiger partial charge in [0.2, 0.25) is 0 Å². The molecule has 20 heavy (non-hydrogen) atoms. The van der Waals surface area contributed by atoms with Crippen LogP contribution in [0.25, 0.3) is 0 Å². The lowest BCUT2D eigenvalue weighted by Crippen LogP contribution is -2.45. The first-order valence-corrected chi connectivity index (χ1v) is 6.78. The van der Waals surface area contributed by atoms with Crippen molar-refractivity contribution in [3.05, 3.63) is 12.2 Å². The molecule has 0 aromatic rings. The first-order chi connectivity index (χ1) is 8.89. The Bertz CT molecular complexity index is 377. The van der Waals surface area contributed by atoms with Gasteiger partial charge in [0, 0.05) is 13.0 Å². The molecule has 1 heterocycles. The second-order valence-electron chi connectivity index (χ2n) is 7.11. The third kappa shape index (κ3) is 4.87. The van der Waals surface area contributed by atoms with Crippen molar-refractivity contribution in [1.82, 2.24) is 4.90 Å². The Morgan fingerprint density at radius 1 is 1.10 bits per heavy atom. The van der Waals surface area contributed by atoms with Crippen LogP contribution in [0.15, 0.2) is 12.2 Å². The molecule has 0 aromatic carbocycles. The zero-order chi connectivity index (χ0) is 15.7. The van der Waals surface area contributed by atoms with E-state index in [-0.39, 0.29) is 0 Å². The maximum atomic E-state index is 12.2. The van der Waals surface area contributed by atoms with Gasteiger partial charge in [-0.15, -0.1) is 0 Å². The summed E-state index contributed by atoms with van der Waals surface area (Å²) in [6, 6.07) is -0.642. The lowest BCUT2D eigenvalue weighted by atomic mass is 10.1. The van der Waals surface area contributed by atoms with E-state index in [0.29, 0.717) is 13.0 Å². The molecule has 5 nitrogen and oxygen atoms in total. The molecule has 1 aliphatic heterocycles. The highest BCUT2D eigenvalue weighted by Gasteiger charge is 2.40. The van der Waals surface area contributed by atoms with Gasteiger partial charge in [-0.3, -0.25) is 4.90 Å². The van der Waals surface area contributed by atoms with E-state index in [1.54, 1.807) is 41.5 Å². The Hall–Kier alpha value is -1.52. The maximum absolute atomic E-state index is 12.2. The number of rotatable bonds is 1. The quantitative estimate of drug-likeness (QED) is 0.548. The largest absolute Gasteiger partial charge is 0.458 e. The second-order valence-corrected chi connectivity index (χ2v) is 7.11. The van der Waals surface area contributed by atoms with Gasteiger partial charge in [-0.25, -0.2) is 9.59 Å². The van der Waals surface area contributed by atoms with E-state index < -0.39 is 29.3 Å². The van der Waals surface area contributed by atoms with Crippen molar-refractivity contribution in [1.29, 1.82) is 0 Å². The summed E-state index contributed by atoms with van der Waals surface area (Å²) in [5.41, 5.74) is -0.355. The number of ether oxygens (including phenoxy) is 2. The molecule has 1 unspecified atom stereocenters. The third-order valence-electron chi connectivity index (χ3n) is 2.56. The van der Waals surface area contributed by atoms with E-state index in [1.165, 1.54) is 4.90 Å². The summed E-state index contributed by atoms with van der Waals surface area (Å²) in [7, 11) is 0. The van der Waals surface area contributed by atoms with Crippen molar-refractivity contribution >= 4 is 12.1 Å². The fourth-order valence-corrected chi connectivity index (χ4v) is 1.89. The van der Waals surface area contributed by atoms with Crippen LogP contribution in [-0.2, 0) is 14.3 Å². The average molecular weight is 283 g/mol. The number of likely N-dealkylation sites (tertiary alicyclic amines) is 1. The Morgan fingerprint density at radius 2 is 1.60 bits per heavy atom. The molecule has 1 aliphatic rings. The van der Waals surface area contributed by atoms with Crippen molar-refractivity contribution < 1.29 is 19.1 Å². The van der Waals surface area contributed by atoms with Crippen LogP contribution < -0.4 is 0 Å². The number of carbonyl (C=O) groups is 2. The SMILES string of the molecule is C=C1CC(C(=O)OC(C)(C)C)N(C(=O)OC(C)(C)C)C1. The lowest BCUT2D eigenvalue weighted by molar-refractivity contribution is -0.160. The van der Waals surface area contributed by atoms with Gasteiger partial charge in [-0.1, -0.05) is 12.2 Å². The minimum absolute atomic E-state index is 0.332. The highest BCUT2D eigenvalue weighted by atomic mass is 16.6. The highest BCUT2D eigenvalue weighted by molar-refractivity contribution is 5.83. The first kappa shape index (κ1) is 16.5. The van der Waals surface area contributed by atoms with Crippen molar-refractivity contribution in [2.45, 2.75) is 65.2 Å². The van der Waals surface area contributed by atoms with Crippen LogP contribution in [0.5, 0.6) is 0 Å². The van der Waals surface area contributed by atoms with Crippen molar-refractivity contribution in [3.63, 3.8) is 0 Å². The summed E-state index contributed by atoms with van der Waals surface area (Å²) in [6.45, 7) is 15.0. The summed E-state index contributed by atoms with van der Waals surface area (Å²) in [4.78, 5) is 25.7. The molecule has 1 fully saturated rings. The standard InChI is InChI=1S/C15H25NO4/c1-10-8-11(12(17)19-14(2,3)4)16(9-10)13(18)20-15(5,6)7/h11H,1,8-9H2,2-7H3. The fourth-order valence-electron chi connectivity index (χ4n) is 1.89. The predicted molar refractivity (Wildman–Crippen MR) is 76.3 cm³/mol. The molecule has 1 atom stereocenters. The van der Waals surface area contributed by atoms with Gasteiger partial charge in [0.05, 0.1) is 0 Å². The molecule has 0 spiro atoms. The normalized spacial score (nSPS) is 20.0. The number of hydrogen-bond donors (Lipinski definition) is 0. The molecule has 0 N–H and O–H groups in total. The lowest BCUT2D eigenvalue weighted by Gasteiger charge is -2.29. The van der Waals surface area contributed by atoms with E-state index in [1.807, 2.05) is 0 Å². The van der Waals surface area contributed by atoms with E-state index >= 15 is 0 Å². The van der Waals surface area contributed by atoms with E-state index in [4.69, 9.17) is 9.47 Å². The molecular weight excluding hydrogens is 258 g/mol. The Balaban J connectivity index is 2.81. The van der Waals surface area contributed by atoms with Crippen molar-refractivity contribution in [2.24, 2.45) is 0 Å². The molecule has 0 radical (unpaired) electrons. The third-order valence-corrected chi connectivity index (χ3v) is 2.56. The molecule has 1 rings (SSSR count). The molecule has 0 bridgehead atoms. The monoisotopic (exact) mass is 283 g/mol. The number of amides is 1. The Kier molecular flexibility index (Phi) is 4.52. The minimum Gasteiger partial charge on any atom is -0.458 e.